The van der Waals surface area contributed by atoms with Gasteiger partial charge in [0.2, 0.25) is 0 Å². The van der Waals surface area contributed by atoms with E-state index < -0.39 is 11.9 Å². The van der Waals surface area contributed by atoms with E-state index in [1.807, 2.05) is 6.92 Å². The maximum Gasteiger partial charge on any atom is 0.435 e. The van der Waals surface area contributed by atoms with Gasteiger partial charge in [0, 0.05) is 12.1 Å². The van der Waals surface area contributed by atoms with Gasteiger partial charge in [-0.2, -0.15) is 18.3 Å². The van der Waals surface area contributed by atoms with E-state index >= 15 is 0 Å². The van der Waals surface area contributed by atoms with Gasteiger partial charge in [0.05, 0.1) is 0 Å². The highest BCUT2D eigenvalue weighted by Crippen LogP contribution is 2.33. The first-order valence-electron chi connectivity index (χ1n) is 4.18. The summed E-state index contributed by atoms with van der Waals surface area (Å²) in [6.07, 6.45) is -3.73. The number of halogens is 4. The van der Waals surface area contributed by atoms with Gasteiger partial charge in [-0.3, -0.25) is 4.68 Å². The third-order valence-corrected chi connectivity index (χ3v) is 2.29. The maximum atomic E-state index is 12.3. The zero-order valence-electron chi connectivity index (χ0n) is 7.82. The Bertz CT molecular complexity index is 330. The standard InChI is InChI=1S/C8H10ClF3N2/c1-3-4-14-7(9)5(2)6(13-14)8(10,11)12/h3-4H2,1-2H3. The fraction of sp³-hybridized carbons (Fsp3) is 0.625. The van der Waals surface area contributed by atoms with Crippen LogP contribution in [-0.2, 0) is 12.7 Å². The molecule has 0 N–H and O–H groups in total. The minimum atomic E-state index is -4.42. The highest BCUT2D eigenvalue weighted by atomic mass is 35.5. The second-order valence-electron chi connectivity index (χ2n) is 2.99. The molecule has 1 rings (SSSR count). The molecule has 0 aliphatic heterocycles. The summed E-state index contributed by atoms with van der Waals surface area (Å²) in [5, 5.41) is 3.50. The van der Waals surface area contributed by atoms with Gasteiger partial charge in [0.15, 0.2) is 5.69 Å². The Balaban J connectivity index is 3.15. The van der Waals surface area contributed by atoms with Crippen LogP contribution in [0.15, 0.2) is 0 Å². The normalized spacial score (nSPS) is 12.1. The molecule has 0 aromatic carbocycles. The Morgan fingerprint density at radius 3 is 2.36 bits per heavy atom. The van der Waals surface area contributed by atoms with Gasteiger partial charge in [-0.15, -0.1) is 0 Å². The predicted octanol–water partition coefficient (Wildman–Crippen LogP) is 3.27. The molecule has 0 saturated carbocycles. The maximum absolute atomic E-state index is 12.3. The minimum Gasteiger partial charge on any atom is -0.253 e. The monoisotopic (exact) mass is 226 g/mol. The van der Waals surface area contributed by atoms with Gasteiger partial charge in [-0.1, -0.05) is 18.5 Å². The molecule has 14 heavy (non-hydrogen) atoms. The van der Waals surface area contributed by atoms with Crippen LogP contribution >= 0.6 is 11.6 Å². The largest absolute Gasteiger partial charge is 0.435 e. The van der Waals surface area contributed by atoms with E-state index in [9.17, 15) is 13.2 Å². The molecular formula is C8H10ClF3N2. The molecule has 80 valence electrons. The minimum absolute atomic E-state index is 0.00684. The van der Waals surface area contributed by atoms with Crippen molar-refractivity contribution in [1.29, 1.82) is 0 Å². The Morgan fingerprint density at radius 2 is 2.00 bits per heavy atom. The summed E-state index contributed by atoms with van der Waals surface area (Å²) in [6.45, 7) is 3.57. The van der Waals surface area contributed by atoms with Crippen LogP contribution < -0.4 is 0 Å². The molecular weight excluding hydrogens is 217 g/mol. The third kappa shape index (κ3) is 2.03. The fourth-order valence-corrected chi connectivity index (χ4v) is 1.37. The number of aryl methyl sites for hydroxylation is 1. The van der Waals surface area contributed by atoms with E-state index in [-0.39, 0.29) is 10.7 Å². The molecule has 0 saturated heterocycles. The van der Waals surface area contributed by atoms with Gasteiger partial charge >= 0.3 is 6.18 Å². The lowest BCUT2D eigenvalue weighted by Crippen LogP contribution is -2.09. The van der Waals surface area contributed by atoms with E-state index in [0.717, 1.165) is 0 Å². The number of nitrogens with zero attached hydrogens (tertiary/aromatic N) is 2. The van der Waals surface area contributed by atoms with Crippen LogP contribution in [0.3, 0.4) is 0 Å². The lowest BCUT2D eigenvalue weighted by Gasteiger charge is -2.02. The van der Waals surface area contributed by atoms with Crippen molar-refractivity contribution in [2.45, 2.75) is 33.0 Å². The first kappa shape index (κ1) is 11.4. The topological polar surface area (TPSA) is 17.8 Å². The van der Waals surface area contributed by atoms with Crippen LogP contribution in [0.4, 0.5) is 13.2 Å². The van der Waals surface area contributed by atoms with Crippen LogP contribution in [-0.4, -0.2) is 9.78 Å². The molecule has 0 aliphatic carbocycles. The van der Waals surface area contributed by atoms with Crippen LogP contribution in [0.5, 0.6) is 0 Å². The Hall–Kier alpha value is -0.710. The molecule has 0 radical (unpaired) electrons. The van der Waals surface area contributed by atoms with Crippen molar-refractivity contribution in [2.75, 3.05) is 0 Å². The lowest BCUT2D eigenvalue weighted by molar-refractivity contribution is -0.141. The second-order valence-corrected chi connectivity index (χ2v) is 3.34. The zero-order chi connectivity index (χ0) is 10.9. The van der Waals surface area contributed by atoms with E-state index in [1.54, 1.807) is 0 Å². The summed E-state index contributed by atoms with van der Waals surface area (Å²) in [5.41, 5.74) is -0.899. The predicted molar refractivity (Wildman–Crippen MR) is 47.3 cm³/mol. The van der Waals surface area contributed by atoms with Gasteiger partial charge in [0.1, 0.15) is 5.15 Å². The van der Waals surface area contributed by atoms with Gasteiger partial charge in [-0.25, -0.2) is 0 Å². The molecule has 0 atom stereocenters. The molecule has 0 spiro atoms. The van der Waals surface area contributed by atoms with Gasteiger partial charge in [0.25, 0.3) is 0 Å². The van der Waals surface area contributed by atoms with Crippen molar-refractivity contribution in [3.8, 4) is 0 Å². The highest BCUT2D eigenvalue weighted by molar-refractivity contribution is 6.30. The second kappa shape index (κ2) is 3.81. The summed E-state index contributed by atoms with van der Waals surface area (Å²) >= 11 is 5.70. The number of hydrogen-bond donors (Lipinski definition) is 0. The summed E-state index contributed by atoms with van der Waals surface area (Å²) < 4.78 is 38.2. The van der Waals surface area contributed by atoms with Gasteiger partial charge < -0.3 is 0 Å². The summed E-state index contributed by atoms with van der Waals surface area (Å²) in [4.78, 5) is 0. The number of alkyl halides is 3. The molecule has 0 unspecified atom stereocenters. The van der Waals surface area contributed by atoms with E-state index in [1.165, 1.54) is 11.6 Å². The quantitative estimate of drug-likeness (QED) is 0.757. The van der Waals surface area contributed by atoms with E-state index in [0.29, 0.717) is 13.0 Å². The highest BCUT2D eigenvalue weighted by Gasteiger charge is 2.37. The summed E-state index contributed by atoms with van der Waals surface area (Å²) in [6, 6.07) is 0. The van der Waals surface area contributed by atoms with Crippen molar-refractivity contribution >= 4 is 11.6 Å². The molecule has 6 heteroatoms. The van der Waals surface area contributed by atoms with Crippen molar-refractivity contribution in [1.82, 2.24) is 9.78 Å². The van der Waals surface area contributed by atoms with Crippen molar-refractivity contribution in [3.05, 3.63) is 16.4 Å². The van der Waals surface area contributed by atoms with E-state index in [2.05, 4.69) is 5.10 Å². The van der Waals surface area contributed by atoms with Gasteiger partial charge in [-0.05, 0) is 13.3 Å². The lowest BCUT2D eigenvalue weighted by atomic mass is 10.3. The molecule has 0 amide bonds. The molecule has 1 aromatic rings. The summed E-state index contributed by atoms with van der Waals surface area (Å²) in [7, 11) is 0. The molecule has 1 heterocycles. The van der Waals surface area contributed by atoms with Crippen molar-refractivity contribution in [3.63, 3.8) is 0 Å². The SMILES string of the molecule is CCCn1nc(C(F)(F)F)c(C)c1Cl. The third-order valence-electron chi connectivity index (χ3n) is 1.82. The molecule has 2 nitrogen and oxygen atoms in total. The Morgan fingerprint density at radius 1 is 1.43 bits per heavy atom. The first-order chi connectivity index (χ1) is 6.38. The zero-order valence-corrected chi connectivity index (χ0v) is 8.58. The average Bonchev–Trinajstić information content (AvgIpc) is 2.32. The molecule has 0 bridgehead atoms. The number of aromatic nitrogens is 2. The van der Waals surface area contributed by atoms with E-state index in [4.69, 9.17) is 11.6 Å². The number of hydrogen-bond acceptors (Lipinski definition) is 1. The molecule has 0 fully saturated rings. The fourth-order valence-electron chi connectivity index (χ4n) is 1.16. The van der Waals surface area contributed by atoms with Crippen molar-refractivity contribution < 1.29 is 13.2 Å². The average molecular weight is 227 g/mol. The van der Waals surface area contributed by atoms with Crippen LogP contribution in [0.1, 0.15) is 24.6 Å². The Labute approximate surface area is 84.7 Å². The van der Waals surface area contributed by atoms with Crippen LogP contribution in [0, 0.1) is 6.92 Å². The Kier molecular flexibility index (Phi) is 3.09. The molecule has 1 aromatic heterocycles. The first-order valence-corrected chi connectivity index (χ1v) is 4.55. The van der Waals surface area contributed by atoms with Crippen LogP contribution in [0.25, 0.3) is 0 Å². The molecule has 0 aliphatic rings. The van der Waals surface area contributed by atoms with Crippen LogP contribution in [0.2, 0.25) is 5.15 Å². The van der Waals surface area contributed by atoms with Crippen molar-refractivity contribution in [2.24, 2.45) is 0 Å². The summed E-state index contributed by atoms with van der Waals surface area (Å²) in [5.74, 6) is 0. The smallest absolute Gasteiger partial charge is 0.253 e. The number of rotatable bonds is 2.